The van der Waals surface area contributed by atoms with Gasteiger partial charge < -0.3 is 0 Å². The number of hydrogen-bond acceptors (Lipinski definition) is 1. The van der Waals surface area contributed by atoms with Gasteiger partial charge in [0.1, 0.15) is 0 Å². The summed E-state index contributed by atoms with van der Waals surface area (Å²) in [5.74, 6) is 0. The van der Waals surface area contributed by atoms with E-state index >= 15 is 0 Å². The Hall–Kier alpha value is -0.850. The van der Waals surface area contributed by atoms with E-state index in [1.54, 1.807) is 12.3 Å². The molecule has 0 aliphatic heterocycles. The van der Waals surface area contributed by atoms with Crippen molar-refractivity contribution in [2.45, 2.75) is 19.8 Å². The highest BCUT2D eigenvalue weighted by Gasteiger charge is 1.68. The summed E-state index contributed by atoms with van der Waals surface area (Å²) < 4.78 is 0. The summed E-state index contributed by atoms with van der Waals surface area (Å²) in [6.07, 6.45) is 9.38. The minimum absolute atomic E-state index is 1.06. The van der Waals surface area contributed by atoms with Gasteiger partial charge in [-0.15, -0.1) is 0 Å². The van der Waals surface area contributed by atoms with E-state index < -0.39 is 0 Å². The molecule has 0 amide bonds. The average molecular weight is 123 g/mol. The third-order valence-corrected chi connectivity index (χ3v) is 0.831. The lowest BCUT2D eigenvalue weighted by Gasteiger charge is -1.78. The molecule has 9 heavy (non-hydrogen) atoms. The standard InChI is InChI=1S/C8H13N/c1-3-5-7-9-8-6-4-2/h3,5,7-8H,1,4,6H2,2H3/b7-5-,9-8+. The molecule has 0 aliphatic carbocycles. The first-order chi connectivity index (χ1) is 4.41. The van der Waals surface area contributed by atoms with E-state index in [0.29, 0.717) is 0 Å². The van der Waals surface area contributed by atoms with Crippen LogP contribution in [0.25, 0.3) is 0 Å². The topological polar surface area (TPSA) is 12.4 Å². The van der Waals surface area contributed by atoms with Crippen LogP contribution < -0.4 is 0 Å². The van der Waals surface area contributed by atoms with Gasteiger partial charge in [-0.25, -0.2) is 0 Å². The molecule has 0 spiro atoms. The van der Waals surface area contributed by atoms with Gasteiger partial charge in [0, 0.05) is 12.4 Å². The number of hydrogen-bond donors (Lipinski definition) is 0. The van der Waals surface area contributed by atoms with Crippen LogP contribution in [-0.4, -0.2) is 6.21 Å². The second-order valence-electron chi connectivity index (χ2n) is 1.70. The van der Waals surface area contributed by atoms with E-state index in [9.17, 15) is 0 Å². The van der Waals surface area contributed by atoms with Crippen molar-refractivity contribution < 1.29 is 0 Å². The van der Waals surface area contributed by atoms with Crippen molar-refractivity contribution in [3.05, 3.63) is 24.9 Å². The van der Waals surface area contributed by atoms with Gasteiger partial charge in [0.2, 0.25) is 0 Å². The van der Waals surface area contributed by atoms with E-state index in [4.69, 9.17) is 0 Å². The molecule has 0 aromatic rings. The van der Waals surface area contributed by atoms with Crippen LogP contribution in [-0.2, 0) is 0 Å². The quantitative estimate of drug-likeness (QED) is 0.402. The Morgan fingerprint density at radius 1 is 1.56 bits per heavy atom. The van der Waals surface area contributed by atoms with Gasteiger partial charge in [-0.2, -0.15) is 0 Å². The van der Waals surface area contributed by atoms with Crippen molar-refractivity contribution in [1.82, 2.24) is 0 Å². The van der Waals surface area contributed by atoms with Crippen LogP contribution >= 0.6 is 0 Å². The number of allylic oxidation sites excluding steroid dienone is 2. The fourth-order valence-corrected chi connectivity index (χ4v) is 0.375. The summed E-state index contributed by atoms with van der Waals surface area (Å²) in [6.45, 7) is 5.65. The lowest BCUT2D eigenvalue weighted by molar-refractivity contribution is 1.01. The molecule has 0 saturated carbocycles. The van der Waals surface area contributed by atoms with Crippen LogP contribution in [0.2, 0.25) is 0 Å². The molecule has 0 saturated heterocycles. The Labute approximate surface area is 56.8 Å². The van der Waals surface area contributed by atoms with Gasteiger partial charge in [-0.05, 0) is 12.5 Å². The molecule has 0 aromatic carbocycles. The first-order valence-corrected chi connectivity index (χ1v) is 3.21. The second kappa shape index (κ2) is 7.15. The van der Waals surface area contributed by atoms with Crippen molar-refractivity contribution >= 4 is 6.21 Å². The minimum Gasteiger partial charge on any atom is -0.269 e. The summed E-state index contributed by atoms with van der Waals surface area (Å²) in [5.41, 5.74) is 0. The molecule has 0 fully saturated rings. The summed E-state index contributed by atoms with van der Waals surface area (Å²) in [7, 11) is 0. The molecule has 0 N–H and O–H groups in total. The molecule has 0 unspecified atom stereocenters. The highest BCUT2D eigenvalue weighted by Crippen LogP contribution is 1.81. The fourth-order valence-electron chi connectivity index (χ4n) is 0.375. The average Bonchev–Trinajstić information content (AvgIpc) is 1.89. The maximum absolute atomic E-state index is 3.97. The van der Waals surface area contributed by atoms with Crippen LogP contribution in [0, 0.1) is 0 Å². The Morgan fingerprint density at radius 3 is 2.89 bits per heavy atom. The zero-order valence-corrected chi connectivity index (χ0v) is 5.88. The predicted octanol–water partition coefficient (Wildman–Crippen LogP) is 2.56. The van der Waals surface area contributed by atoms with E-state index in [-0.39, 0.29) is 0 Å². The molecule has 0 bridgehead atoms. The van der Waals surface area contributed by atoms with Crippen LogP contribution in [0.5, 0.6) is 0 Å². The maximum atomic E-state index is 3.97. The van der Waals surface area contributed by atoms with Crippen LogP contribution in [0.4, 0.5) is 0 Å². The molecular formula is C8H13N. The zero-order chi connectivity index (χ0) is 6.95. The van der Waals surface area contributed by atoms with Crippen molar-refractivity contribution in [2.75, 3.05) is 0 Å². The molecule has 0 atom stereocenters. The van der Waals surface area contributed by atoms with Gasteiger partial charge in [-0.1, -0.05) is 26.0 Å². The lowest BCUT2D eigenvalue weighted by Crippen LogP contribution is -1.68. The SMILES string of the molecule is C=C/C=C\N=C\CCC. The molecule has 0 radical (unpaired) electrons. The Kier molecular flexibility index (Phi) is 6.47. The molecular weight excluding hydrogens is 110 g/mol. The first kappa shape index (κ1) is 8.15. The summed E-state index contributed by atoms with van der Waals surface area (Å²) in [6, 6.07) is 0. The van der Waals surface area contributed by atoms with Gasteiger partial charge >= 0.3 is 0 Å². The number of aliphatic imine (C=N–C) groups is 1. The monoisotopic (exact) mass is 123 g/mol. The molecule has 0 aromatic heterocycles. The molecule has 1 heteroatoms. The highest BCUT2D eigenvalue weighted by molar-refractivity contribution is 5.57. The predicted molar refractivity (Wildman–Crippen MR) is 42.7 cm³/mol. The van der Waals surface area contributed by atoms with E-state index in [1.165, 1.54) is 0 Å². The van der Waals surface area contributed by atoms with Crippen LogP contribution in [0.1, 0.15) is 19.8 Å². The largest absolute Gasteiger partial charge is 0.269 e. The van der Waals surface area contributed by atoms with Crippen LogP contribution in [0.15, 0.2) is 29.9 Å². The normalized spacial score (nSPS) is 11.2. The van der Waals surface area contributed by atoms with E-state index in [2.05, 4.69) is 18.5 Å². The number of rotatable bonds is 4. The van der Waals surface area contributed by atoms with Crippen molar-refractivity contribution in [1.29, 1.82) is 0 Å². The third kappa shape index (κ3) is 7.15. The third-order valence-electron chi connectivity index (χ3n) is 0.831. The molecule has 50 valence electrons. The number of nitrogens with zero attached hydrogens (tertiary/aromatic N) is 1. The van der Waals surface area contributed by atoms with E-state index in [0.717, 1.165) is 12.8 Å². The summed E-state index contributed by atoms with van der Waals surface area (Å²) in [5, 5.41) is 0. The lowest BCUT2D eigenvalue weighted by atomic mass is 10.4. The van der Waals surface area contributed by atoms with Gasteiger partial charge in [0.25, 0.3) is 0 Å². The van der Waals surface area contributed by atoms with Gasteiger partial charge in [0.15, 0.2) is 0 Å². The molecule has 0 heterocycles. The smallest absolute Gasteiger partial charge is 0.0263 e. The number of unbranched alkanes of at least 4 members (excludes halogenated alkanes) is 1. The zero-order valence-electron chi connectivity index (χ0n) is 5.88. The Morgan fingerprint density at radius 2 is 2.33 bits per heavy atom. The molecule has 1 nitrogen and oxygen atoms in total. The molecule has 0 rings (SSSR count). The Balaban J connectivity index is 3.23. The summed E-state index contributed by atoms with van der Waals surface area (Å²) >= 11 is 0. The van der Waals surface area contributed by atoms with Gasteiger partial charge in [-0.3, -0.25) is 4.99 Å². The van der Waals surface area contributed by atoms with E-state index in [1.807, 2.05) is 12.3 Å². The fraction of sp³-hybridized carbons (Fsp3) is 0.375. The van der Waals surface area contributed by atoms with Crippen molar-refractivity contribution in [3.63, 3.8) is 0 Å². The summed E-state index contributed by atoms with van der Waals surface area (Å²) in [4.78, 5) is 3.97. The maximum Gasteiger partial charge on any atom is 0.0263 e. The van der Waals surface area contributed by atoms with Crippen molar-refractivity contribution in [3.8, 4) is 0 Å². The second-order valence-corrected chi connectivity index (χ2v) is 1.70. The first-order valence-electron chi connectivity index (χ1n) is 3.21. The van der Waals surface area contributed by atoms with Gasteiger partial charge in [0.05, 0.1) is 0 Å². The minimum atomic E-state index is 1.06. The Bertz CT molecular complexity index is 112. The van der Waals surface area contributed by atoms with Crippen LogP contribution in [0.3, 0.4) is 0 Å². The molecule has 0 aliphatic rings. The van der Waals surface area contributed by atoms with Crippen molar-refractivity contribution in [2.24, 2.45) is 4.99 Å². The highest BCUT2D eigenvalue weighted by atomic mass is 14.7.